The molecule has 0 saturated carbocycles. The quantitative estimate of drug-likeness (QED) is 0.442. The second-order valence-corrected chi connectivity index (χ2v) is 8.66. The molecule has 5 rings (SSSR count). The summed E-state index contributed by atoms with van der Waals surface area (Å²) in [6.07, 6.45) is 4.40. The Morgan fingerprint density at radius 3 is 2.61 bits per heavy atom. The molecule has 1 amide bonds. The van der Waals surface area contributed by atoms with Crippen LogP contribution in [0.3, 0.4) is 0 Å². The molecule has 0 N–H and O–H groups in total. The molecule has 1 aliphatic heterocycles. The summed E-state index contributed by atoms with van der Waals surface area (Å²) in [7, 11) is 0. The Morgan fingerprint density at radius 2 is 1.81 bits per heavy atom. The molecule has 0 fully saturated rings. The van der Waals surface area contributed by atoms with Gasteiger partial charge in [-0.25, -0.2) is 0 Å². The van der Waals surface area contributed by atoms with E-state index in [9.17, 15) is 4.79 Å². The number of hydrogen-bond donors (Lipinski definition) is 0. The molecular weight excluding hydrogens is 406 g/mol. The Labute approximate surface area is 185 Å². The highest BCUT2D eigenvalue weighted by Gasteiger charge is 2.30. The van der Waals surface area contributed by atoms with E-state index in [0.717, 1.165) is 29.9 Å². The van der Waals surface area contributed by atoms with Crippen molar-refractivity contribution in [3.05, 3.63) is 84.7 Å². The number of thioether (sulfide) groups is 1. The lowest BCUT2D eigenvalue weighted by Gasteiger charge is -2.21. The number of carbonyl (C=O) groups excluding carboxylic acids is 1. The number of carbonyl (C=O) groups is 1. The van der Waals surface area contributed by atoms with Crippen molar-refractivity contribution in [1.29, 1.82) is 0 Å². The normalized spacial score (nSPS) is 13.8. The van der Waals surface area contributed by atoms with Crippen LogP contribution in [0.2, 0.25) is 0 Å². The number of hydrogen-bond acceptors (Lipinski definition) is 5. The summed E-state index contributed by atoms with van der Waals surface area (Å²) in [4.78, 5) is 19.4. The zero-order valence-corrected chi connectivity index (χ0v) is 17.9. The number of pyridine rings is 1. The summed E-state index contributed by atoms with van der Waals surface area (Å²) in [6, 6.07) is 21.9. The molecule has 4 aromatic rings. The van der Waals surface area contributed by atoms with Gasteiger partial charge in [-0.2, -0.15) is 0 Å². The number of aromatic nitrogens is 4. The fourth-order valence-corrected chi connectivity index (χ4v) is 4.76. The van der Waals surface area contributed by atoms with Crippen LogP contribution in [0.25, 0.3) is 17.1 Å². The van der Waals surface area contributed by atoms with Gasteiger partial charge in [-0.05, 0) is 49.2 Å². The maximum atomic E-state index is 13.3. The van der Waals surface area contributed by atoms with Crippen molar-refractivity contribution in [2.75, 3.05) is 11.4 Å². The van der Waals surface area contributed by atoms with Gasteiger partial charge in [0, 0.05) is 35.9 Å². The van der Waals surface area contributed by atoms with Crippen molar-refractivity contribution in [2.45, 2.75) is 23.8 Å². The molecule has 1 aliphatic rings. The number of para-hydroxylation sites is 2. The Hall–Kier alpha value is -3.45. The van der Waals surface area contributed by atoms with Gasteiger partial charge in [-0.15, -0.1) is 10.2 Å². The van der Waals surface area contributed by atoms with Gasteiger partial charge in [-0.1, -0.05) is 48.2 Å². The van der Waals surface area contributed by atoms with Crippen LogP contribution in [0.5, 0.6) is 0 Å². The third-order valence-electron chi connectivity index (χ3n) is 5.35. The average Bonchev–Trinajstić information content (AvgIpc) is 3.44. The maximum Gasteiger partial charge on any atom is 0.240 e. The highest BCUT2D eigenvalue weighted by Crippen LogP contribution is 2.33. The smallest absolute Gasteiger partial charge is 0.240 e. The molecule has 0 saturated heterocycles. The lowest BCUT2D eigenvalue weighted by atomic mass is 10.2. The largest absolute Gasteiger partial charge is 0.311 e. The van der Waals surface area contributed by atoms with Crippen LogP contribution in [-0.2, 0) is 11.2 Å². The van der Waals surface area contributed by atoms with Crippen molar-refractivity contribution < 1.29 is 4.79 Å². The van der Waals surface area contributed by atoms with Gasteiger partial charge >= 0.3 is 0 Å². The van der Waals surface area contributed by atoms with Crippen molar-refractivity contribution >= 4 is 23.4 Å². The van der Waals surface area contributed by atoms with Crippen molar-refractivity contribution in [2.24, 2.45) is 0 Å². The van der Waals surface area contributed by atoms with E-state index in [1.807, 2.05) is 77.1 Å². The maximum absolute atomic E-state index is 13.3. The fraction of sp³-hybridized carbons (Fsp3) is 0.167. The monoisotopic (exact) mass is 427 g/mol. The summed E-state index contributed by atoms with van der Waals surface area (Å²) in [6.45, 7) is 2.65. The Balaban J connectivity index is 1.47. The lowest BCUT2D eigenvalue weighted by Crippen LogP contribution is -2.35. The van der Waals surface area contributed by atoms with Gasteiger partial charge < -0.3 is 4.90 Å². The van der Waals surface area contributed by atoms with Crippen LogP contribution in [0.4, 0.5) is 5.69 Å². The van der Waals surface area contributed by atoms with Crippen LogP contribution in [0, 0.1) is 0 Å². The first-order valence-electron chi connectivity index (χ1n) is 10.2. The van der Waals surface area contributed by atoms with Crippen molar-refractivity contribution in [3.63, 3.8) is 0 Å². The van der Waals surface area contributed by atoms with Crippen molar-refractivity contribution in [3.8, 4) is 17.1 Å². The molecule has 0 bridgehead atoms. The fourth-order valence-electron chi connectivity index (χ4n) is 3.83. The van der Waals surface area contributed by atoms with Gasteiger partial charge in [-0.3, -0.25) is 14.3 Å². The molecule has 6 nitrogen and oxygen atoms in total. The molecule has 31 heavy (non-hydrogen) atoms. The first kappa shape index (κ1) is 19.5. The minimum absolute atomic E-state index is 0.0838. The van der Waals surface area contributed by atoms with E-state index in [1.165, 1.54) is 17.3 Å². The van der Waals surface area contributed by atoms with Crippen LogP contribution in [0.15, 0.2) is 84.3 Å². The van der Waals surface area contributed by atoms with E-state index in [0.29, 0.717) is 11.0 Å². The molecule has 0 aliphatic carbocycles. The summed E-state index contributed by atoms with van der Waals surface area (Å²) < 4.78 is 1.99. The standard InChI is InChI=1S/C24H21N5OS/c1-17(23(30)28-15-13-18-8-5-6-12-21(18)28)31-24-27-26-22(19-9-7-14-25-16-19)29(24)20-10-3-2-4-11-20/h2-12,14,16-17H,13,15H2,1H3. The van der Waals surface area contributed by atoms with Crippen LogP contribution in [0.1, 0.15) is 12.5 Å². The zero-order chi connectivity index (χ0) is 21.2. The Morgan fingerprint density at radius 1 is 1.00 bits per heavy atom. The van der Waals surface area contributed by atoms with Crippen LogP contribution < -0.4 is 4.90 Å². The second-order valence-electron chi connectivity index (χ2n) is 7.35. The number of fused-ring (bicyclic) bond motifs is 1. The molecule has 7 heteroatoms. The minimum atomic E-state index is -0.306. The number of rotatable bonds is 5. The predicted octanol–water partition coefficient (Wildman–Crippen LogP) is 4.40. The third kappa shape index (κ3) is 3.72. The number of anilines is 1. The highest BCUT2D eigenvalue weighted by molar-refractivity contribution is 8.00. The van der Waals surface area contributed by atoms with Gasteiger partial charge in [0.05, 0.1) is 5.25 Å². The van der Waals surface area contributed by atoms with E-state index in [1.54, 1.807) is 12.4 Å². The molecule has 1 unspecified atom stereocenters. The van der Waals surface area contributed by atoms with E-state index >= 15 is 0 Å². The summed E-state index contributed by atoms with van der Waals surface area (Å²) in [5, 5.41) is 9.25. The zero-order valence-electron chi connectivity index (χ0n) is 17.0. The minimum Gasteiger partial charge on any atom is -0.311 e. The molecule has 3 heterocycles. The average molecular weight is 428 g/mol. The summed E-state index contributed by atoms with van der Waals surface area (Å²) >= 11 is 1.43. The van der Waals surface area contributed by atoms with Gasteiger partial charge in [0.1, 0.15) is 0 Å². The van der Waals surface area contributed by atoms with Crippen LogP contribution in [-0.4, -0.2) is 37.5 Å². The summed E-state index contributed by atoms with van der Waals surface area (Å²) in [5.74, 6) is 0.786. The summed E-state index contributed by atoms with van der Waals surface area (Å²) in [5.41, 5.74) is 4.05. The number of benzene rings is 2. The van der Waals surface area contributed by atoms with Crippen LogP contribution >= 0.6 is 11.8 Å². The van der Waals surface area contributed by atoms with Crippen molar-refractivity contribution in [1.82, 2.24) is 19.7 Å². The molecular formula is C24H21N5OS. The molecule has 2 aromatic heterocycles. The molecule has 0 spiro atoms. The van der Waals surface area contributed by atoms with Gasteiger partial charge in [0.2, 0.25) is 5.91 Å². The Kier molecular flexibility index (Phi) is 5.26. The predicted molar refractivity (Wildman–Crippen MR) is 122 cm³/mol. The SMILES string of the molecule is CC(Sc1nnc(-c2cccnc2)n1-c1ccccc1)C(=O)N1CCc2ccccc21. The van der Waals surface area contributed by atoms with E-state index < -0.39 is 0 Å². The number of amides is 1. The van der Waals surface area contributed by atoms with E-state index in [-0.39, 0.29) is 11.2 Å². The lowest BCUT2D eigenvalue weighted by molar-refractivity contribution is -0.117. The van der Waals surface area contributed by atoms with Gasteiger partial charge in [0.25, 0.3) is 0 Å². The van der Waals surface area contributed by atoms with E-state index in [4.69, 9.17) is 0 Å². The third-order valence-corrected chi connectivity index (χ3v) is 6.38. The van der Waals surface area contributed by atoms with E-state index in [2.05, 4.69) is 21.2 Å². The first-order valence-corrected chi connectivity index (χ1v) is 11.1. The molecule has 0 radical (unpaired) electrons. The molecule has 1 atom stereocenters. The van der Waals surface area contributed by atoms with Gasteiger partial charge in [0.15, 0.2) is 11.0 Å². The topological polar surface area (TPSA) is 63.9 Å². The molecule has 2 aromatic carbocycles. The first-order chi connectivity index (χ1) is 15.2. The Bertz CT molecular complexity index is 1210. The molecule has 154 valence electrons. The second kappa shape index (κ2) is 8.35. The highest BCUT2D eigenvalue weighted by atomic mass is 32.2. The number of nitrogens with zero attached hydrogens (tertiary/aromatic N) is 5.